The van der Waals surface area contributed by atoms with Crippen LogP contribution in [0.1, 0.15) is 25.0 Å². The average molecular weight is 469 g/mol. The summed E-state index contributed by atoms with van der Waals surface area (Å²) in [6, 6.07) is 10.7. The molecule has 136 valence electrons. The predicted molar refractivity (Wildman–Crippen MR) is 110 cm³/mol. The molecule has 0 saturated carbocycles. The largest absolute Gasteiger partial charge is 0.343 e. The minimum atomic E-state index is -0.946. The molecule has 2 aromatic carbocycles. The van der Waals surface area contributed by atoms with Crippen LogP contribution in [0.5, 0.6) is 0 Å². The van der Waals surface area contributed by atoms with Crippen LogP contribution >= 0.6 is 22.6 Å². The summed E-state index contributed by atoms with van der Waals surface area (Å²) < 4.78 is 42.9. The number of likely N-dealkylation sites (N-methyl/N-ethyl adjacent to an activating group) is 1. The van der Waals surface area contributed by atoms with E-state index < -0.39 is 17.5 Å². The van der Waals surface area contributed by atoms with Gasteiger partial charge in [-0.05, 0) is 34.2 Å². The molecule has 0 aromatic heterocycles. The quantitative estimate of drug-likeness (QED) is 0.439. The maximum Gasteiger partial charge on any atom is 0.138 e. The first-order valence-electron chi connectivity index (χ1n) is 8.15. The van der Waals surface area contributed by atoms with Crippen LogP contribution in [0.25, 0.3) is 11.3 Å². The molecule has 26 heavy (non-hydrogen) atoms. The first-order valence-corrected chi connectivity index (χ1v) is 9.23. The van der Waals surface area contributed by atoms with Gasteiger partial charge in [-0.2, -0.15) is 0 Å². The first-order chi connectivity index (χ1) is 12.4. The van der Waals surface area contributed by atoms with Crippen molar-refractivity contribution in [2.75, 3.05) is 7.05 Å². The van der Waals surface area contributed by atoms with E-state index in [9.17, 15) is 13.2 Å². The maximum absolute atomic E-state index is 14.4. The van der Waals surface area contributed by atoms with Crippen molar-refractivity contribution in [3.8, 4) is 0 Å². The molecule has 0 saturated heterocycles. The van der Waals surface area contributed by atoms with Gasteiger partial charge in [-0.1, -0.05) is 50.8 Å². The Morgan fingerprint density at radius 2 is 1.50 bits per heavy atom. The molecule has 0 spiro atoms. The van der Waals surface area contributed by atoms with Crippen LogP contribution in [0.15, 0.2) is 64.4 Å². The lowest BCUT2D eigenvalue weighted by molar-refractivity contribution is 0.525. The predicted octanol–water partition coefficient (Wildman–Crippen LogP) is 6.78. The van der Waals surface area contributed by atoms with Crippen molar-refractivity contribution in [3.63, 3.8) is 0 Å². The number of allylic oxidation sites excluding steroid dienone is 3. The van der Waals surface area contributed by atoms with Gasteiger partial charge in [0.15, 0.2) is 0 Å². The van der Waals surface area contributed by atoms with Crippen LogP contribution in [-0.2, 0) is 0 Å². The van der Waals surface area contributed by atoms with Gasteiger partial charge in [0.1, 0.15) is 17.5 Å². The molecular weight excluding hydrogens is 450 g/mol. The Labute approximate surface area is 165 Å². The third-order valence-corrected chi connectivity index (χ3v) is 4.80. The summed E-state index contributed by atoms with van der Waals surface area (Å²) >= 11 is 2.13. The SMILES string of the molecule is C=C1C(I)=CC(c2ccccc2)=C(c2c(F)cc(F)cc2F)N1C.CC. The van der Waals surface area contributed by atoms with E-state index in [1.807, 2.05) is 50.3 Å². The van der Waals surface area contributed by atoms with Crippen molar-refractivity contribution in [2.45, 2.75) is 13.8 Å². The van der Waals surface area contributed by atoms with Crippen LogP contribution in [0.2, 0.25) is 0 Å². The second-order valence-corrected chi connectivity index (χ2v) is 6.53. The molecule has 1 nitrogen and oxygen atoms in total. The number of nitrogens with zero attached hydrogens (tertiary/aromatic N) is 1. The van der Waals surface area contributed by atoms with E-state index in [0.29, 0.717) is 29.1 Å². The molecule has 5 heteroatoms. The van der Waals surface area contributed by atoms with Crippen LogP contribution in [0.3, 0.4) is 0 Å². The van der Waals surface area contributed by atoms with Crippen LogP contribution in [-0.4, -0.2) is 11.9 Å². The average Bonchev–Trinajstić information content (AvgIpc) is 2.63. The van der Waals surface area contributed by atoms with Gasteiger partial charge in [0, 0.05) is 34.0 Å². The van der Waals surface area contributed by atoms with E-state index >= 15 is 0 Å². The monoisotopic (exact) mass is 469 g/mol. The zero-order valence-corrected chi connectivity index (χ0v) is 16.9. The number of hydrogen-bond acceptors (Lipinski definition) is 1. The van der Waals surface area contributed by atoms with Gasteiger partial charge in [-0.3, -0.25) is 0 Å². The van der Waals surface area contributed by atoms with Crippen molar-refractivity contribution in [3.05, 3.63) is 93.0 Å². The van der Waals surface area contributed by atoms with E-state index in [0.717, 1.165) is 9.14 Å². The molecule has 0 fully saturated rings. The fourth-order valence-corrected chi connectivity index (χ4v) is 3.34. The highest BCUT2D eigenvalue weighted by atomic mass is 127. The first kappa shape index (κ1) is 20.3. The fourth-order valence-electron chi connectivity index (χ4n) is 2.66. The highest BCUT2D eigenvalue weighted by Crippen LogP contribution is 2.41. The van der Waals surface area contributed by atoms with Gasteiger partial charge >= 0.3 is 0 Å². The number of halogens is 4. The zero-order chi connectivity index (χ0) is 19.4. The van der Waals surface area contributed by atoms with Gasteiger partial charge < -0.3 is 4.90 Å². The molecule has 1 aliphatic heterocycles. The fraction of sp³-hybridized carbons (Fsp3) is 0.143. The molecule has 0 radical (unpaired) electrons. The molecule has 0 atom stereocenters. The third-order valence-electron chi connectivity index (χ3n) is 3.87. The van der Waals surface area contributed by atoms with E-state index in [1.165, 1.54) is 0 Å². The Balaban J connectivity index is 0.00000117. The maximum atomic E-state index is 14.4. The van der Waals surface area contributed by atoms with Gasteiger partial charge in [0.05, 0.1) is 11.3 Å². The summed E-state index contributed by atoms with van der Waals surface area (Å²) in [6.07, 6.45) is 1.83. The topological polar surface area (TPSA) is 3.24 Å². The Morgan fingerprint density at radius 3 is 2.04 bits per heavy atom. The number of hydrogen-bond donors (Lipinski definition) is 0. The second kappa shape index (κ2) is 8.58. The summed E-state index contributed by atoms with van der Waals surface area (Å²) in [7, 11) is 1.69. The summed E-state index contributed by atoms with van der Waals surface area (Å²) in [4.78, 5) is 1.63. The van der Waals surface area contributed by atoms with Gasteiger partial charge in [0.25, 0.3) is 0 Å². The van der Waals surface area contributed by atoms with Crippen LogP contribution < -0.4 is 0 Å². The van der Waals surface area contributed by atoms with Crippen molar-refractivity contribution in [2.24, 2.45) is 0 Å². The Bertz CT molecular complexity index is 862. The molecule has 2 aromatic rings. The van der Waals surface area contributed by atoms with Crippen LogP contribution in [0, 0.1) is 17.5 Å². The van der Waals surface area contributed by atoms with Gasteiger partial charge in [-0.15, -0.1) is 0 Å². The lowest BCUT2D eigenvalue weighted by atomic mass is 9.94. The molecule has 1 heterocycles. The Kier molecular flexibility index (Phi) is 6.69. The molecule has 0 unspecified atom stereocenters. The summed E-state index contributed by atoms with van der Waals surface area (Å²) in [5, 5.41) is 0. The third kappa shape index (κ3) is 3.87. The summed E-state index contributed by atoms with van der Waals surface area (Å²) in [5.74, 6) is -2.83. The standard InChI is InChI=1S/C19H13F3IN.C2H6/c1-11-17(23)10-14(12-6-4-3-5-7-12)19(24(11)2)18-15(21)8-13(20)9-16(18)22;1-2/h3-10H,1H2,2H3;1-2H3. The molecule has 0 bridgehead atoms. The smallest absolute Gasteiger partial charge is 0.138 e. The lowest BCUT2D eigenvalue weighted by Gasteiger charge is -2.31. The van der Waals surface area contributed by atoms with Crippen molar-refractivity contribution >= 4 is 33.9 Å². The molecule has 0 N–H and O–H groups in total. The lowest BCUT2D eigenvalue weighted by Crippen LogP contribution is -2.22. The number of rotatable bonds is 2. The van der Waals surface area contributed by atoms with E-state index in [4.69, 9.17) is 0 Å². The molecule has 0 aliphatic carbocycles. The highest BCUT2D eigenvalue weighted by molar-refractivity contribution is 14.1. The highest BCUT2D eigenvalue weighted by Gasteiger charge is 2.27. The van der Waals surface area contributed by atoms with Crippen molar-refractivity contribution in [1.82, 2.24) is 4.90 Å². The number of benzene rings is 2. The Morgan fingerprint density at radius 1 is 0.962 bits per heavy atom. The van der Waals surface area contributed by atoms with Crippen LogP contribution in [0.4, 0.5) is 13.2 Å². The Hall–Kier alpha value is -2.02. The van der Waals surface area contributed by atoms with E-state index in [2.05, 4.69) is 29.2 Å². The molecule has 1 aliphatic rings. The van der Waals surface area contributed by atoms with Crippen molar-refractivity contribution in [1.29, 1.82) is 0 Å². The van der Waals surface area contributed by atoms with E-state index in [-0.39, 0.29) is 5.56 Å². The minimum absolute atomic E-state index is 0.265. The van der Waals surface area contributed by atoms with Gasteiger partial charge in [-0.25, -0.2) is 13.2 Å². The zero-order valence-electron chi connectivity index (χ0n) is 14.8. The molecular formula is C21H19F3IN. The summed E-state index contributed by atoms with van der Waals surface area (Å²) in [5.41, 5.74) is 2.14. The molecule has 3 rings (SSSR count). The normalized spacial score (nSPS) is 14.0. The molecule has 0 amide bonds. The van der Waals surface area contributed by atoms with Gasteiger partial charge in [0.2, 0.25) is 0 Å². The summed E-state index contributed by atoms with van der Waals surface area (Å²) in [6.45, 7) is 7.95. The minimum Gasteiger partial charge on any atom is -0.343 e. The second-order valence-electron chi connectivity index (χ2n) is 5.37. The van der Waals surface area contributed by atoms with Crippen molar-refractivity contribution < 1.29 is 13.2 Å². The van der Waals surface area contributed by atoms with E-state index in [1.54, 1.807) is 11.9 Å².